The molecule has 0 aliphatic heterocycles. The number of benzene rings is 1. The Hall–Kier alpha value is -1.46. The van der Waals surface area contributed by atoms with Gasteiger partial charge in [0.05, 0.1) is 22.2 Å². The Morgan fingerprint density at radius 3 is 2.75 bits per heavy atom. The van der Waals surface area contributed by atoms with E-state index in [1.54, 1.807) is 11.3 Å². The molecule has 0 atom stereocenters. The number of nitrogens with two attached hydrogens (primary N) is 1. The number of aromatic nitrogens is 1. The standard InChI is InChI=1S/C15H16N2OS2/c16-15(19)14-13(10-6-7-10)17-12(20-14)8-9-18-11-4-2-1-3-5-11/h1-5,10H,6-9H2,(H2,16,19). The average molecular weight is 304 g/mol. The molecule has 3 nitrogen and oxygen atoms in total. The van der Waals surface area contributed by atoms with E-state index in [1.165, 1.54) is 12.8 Å². The Morgan fingerprint density at radius 1 is 1.35 bits per heavy atom. The van der Waals surface area contributed by atoms with Gasteiger partial charge in [-0.15, -0.1) is 11.3 Å². The summed E-state index contributed by atoms with van der Waals surface area (Å²) >= 11 is 6.73. The van der Waals surface area contributed by atoms with Gasteiger partial charge in [0.1, 0.15) is 10.7 Å². The van der Waals surface area contributed by atoms with Crippen molar-refractivity contribution in [2.75, 3.05) is 6.61 Å². The summed E-state index contributed by atoms with van der Waals surface area (Å²) in [6.07, 6.45) is 3.21. The van der Waals surface area contributed by atoms with Crippen molar-refractivity contribution in [3.63, 3.8) is 0 Å². The van der Waals surface area contributed by atoms with Crippen molar-refractivity contribution in [2.24, 2.45) is 5.73 Å². The van der Waals surface area contributed by atoms with E-state index in [-0.39, 0.29) is 0 Å². The Kier molecular flexibility index (Phi) is 3.98. The van der Waals surface area contributed by atoms with Crippen molar-refractivity contribution < 1.29 is 4.74 Å². The first-order valence-corrected chi connectivity index (χ1v) is 7.94. The highest BCUT2D eigenvalue weighted by Crippen LogP contribution is 2.42. The number of hydrogen-bond acceptors (Lipinski definition) is 4. The fraction of sp³-hybridized carbons (Fsp3) is 0.333. The molecular formula is C15H16N2OS2. The Balaban J connectivity index is 1.63. The topological polar surface area (TPSA) is 48.1 Å². The molecule has 2 aromatic rings. The number of thiazole rings is 1. The summed E-state index contributed by atoms with van der Waals surface area (Å²) in [5.74, 6) is 1.47. The van der Waals surface area contributed by atoms with Crippen LogP contribution >= 0.6 is 23.6 Å². The molecule has 1 saturated carbocycles. The molecule has 0 unspecified atom stereocenters. The number of nitrogens with zero attached hydrogens (tertiary/aromatic N) is 1. The molecule has 0 radical (unpaired) electrons. The normalized spacial score (nSPS) is 14.2. The molecular weight excluding hydrogens is 288 g/mol. The first-order chi connectivity index (χ1) is 9.74. The van der Waals surface area contributed by atoms with Gasteiger partial charge in [0, 0.05) is 12.3 Å². The first kappa shape index (κ1) is 13.5. The molecule has 1 aliphatic carbocycles. The van der Waals surface area contributed by atoms with Crippen molar-refractivity contribution in [1.82, 2.24) is 4.98 Å². The van der Waals surface area contributed by atoms with E-state index < -0.39 is 0 Å². The minimum absolute atomic E-state index is 0.472. The largest absolute Gasteiger partial charge is 0.493 e. The fourth-order valence-corrected chi connectivity index (χ4v) is 3.28. The first-order valence-electron chi connectivity index (χ1n) is 6.71. The van der Waals surface area contributed by atoms with Gasteiger partial charge in [-0.3, -0.25) is 0 Å². The highest BCUT2D eigenvalue weighted by molar-refractivity contribution is 7.81. The van der Waals surface area contributed by atoms with Crippen LogP contribution in [-0.2, 0) is 6.42 Å². The predicted octanol–water partition coefficient (Wildman–Crippen LogP) is 3.28. The van der Waals surface area contributed by atoms with Gasteiger partial charge in [0.2, 0.25) is 0 Å². The monoisotopic (exact) mass is 304 g/mol. The third-order valence-electron chi connectivity index (χ3n) is 3.21. The summed E-state index contributed by atoms with van der Waals surface area (Å²) in [5.41, 5.74) is 6.89. The van der Waals surface area contributed by atoms with Crippen molar-refractivity contribution >= 4 is 28.5 Å². The predicted molar refractivity (Wildman–Crippen MR) is 85.6 cm³/mol. The zero-order chi connectivity index (χ0) is 13.9. The van der Waals surface area contributed by atoms with Crippen LogP contribution in [0.15, 0.2) is 30.3 Å². The Bertz CT molecular complexity index is 606. The van der Waals surface area contributed by atoms with Crippen LogP contribution in [0.2, 0.25) is 0 Å². The average Bonchev–Trinajstić information content (AvgIpc) is 3.20. The molecule has 1 aromatic heterocycles. The molecule has 1 fully saturated rings. The maximum absolute atomic E-state index is 5.78. The maximum atomic E-state index is 5.78. The van der Waals surface area contributed by atoms with Crippen molar-refractivity contribution in [3.05, 3.63) is 45.9 Å². The highest BCUT2D eigenvalue weighted by Gasteiger charge is 2.30. The van der Waals surface area contributed by atoms with E-state index in [0.29, 0.717) is 17.5 Å². The third kappa shape index (κ3) is 3.16. The van der Waals surface area contributed by atoms with Gasteiger partial charge in [-0.1, -0.05) is 30.4 Å². The van der Waals surface area contributed by atoms with Crippen LogP contribution < -0.4 is 10.5 Å². The van der Waals surface area contributed by atoms with E-state index in [0.717, 1.165) is 27.7 Å². The molecule has 0 saturated heterocycles. The SMILES string of the molecule is NC(=S)c1sc(CCOc2ccccc2)nc1C1CC1. The number of ether oxygens (including phenoxy) is 1. The third-order valence-corrected chi connectivity index (χ3v) is 4.71. The van der Waals surface area contributed by atoms with Crippen LogP contribution in [0.1, 0.15) is 34.3 Å². The van der Waals surface area contributed by atoms with Gasteiger partial charge in [0.15, 0.2) is 0 Å². The second-order valence-corrected chi connectivity index (χ2v) is 6.40. The molecule has 1 aromatic carbocycles. The van der Waals surface area contributed by atoms with Crippen molar-refractivity contribution in [1.29, 1.82) is 0 Å². The summed E-state index contributed by atoms with van der Waals surface area (Å²) in [6, 6.07) is 9.82. The van der Waals surface area contributed by atoms with Crippen molar-refractivity contribution in [2.45, 2.75) is 25.2 Å². The summed E-state index contributed by atoms with van der Waals surface area (Å²) in [4.78, 5) is 6.16. The van der Waals surface area contributed by atoms with E-state index >= 15 is 0 Å². The van der Waals surface area contributed by atoms with Crippen LogP contribution in [0, 0.1) is 0 Å². The van der Waals surface area contributed by atoms with Crippen molar-refractivity contribution in [3.8, 4) is 5.75 Å². The minimum Gasteiger partial charge on any atom is -0.493 e. The minimum atomic E-state index is 0.472. The molecule has 2 N–H and O–H groups in total. The summed E-state index contributed by atoms with van der Waals surface area (Å²) in [5, 5.41) is 1.06. The maximum Gasteiger partial charge on any atom is 0.119 e. The van der Waals surface area contributed by atoms with E-state index in [4.69, 9.17) is 27.7 Å². The zero-order valence-corrected chi connectivity index (χ0v) is 12.7. The van der Waals surface area contributed by atoms with Crippen LogP contribution in [0.5, 0.6) is 5.75 Å². The van der Waals surface area contributed by atoms with Crippen LogP contribution in [-0.4, -0.2) is 16.6 Å². The molecule has 0 amide bonds. The van der Waals surface area contributed by atoms with E-state index in [2.05, 4.69) is 0 Å². The molecule has 0 bridgehead atoms. The highest BCUT2D eigenvalue weighted by atomic mass is 32.1. The van der Waals surface area contributed by atoms with Gasteiger partial charge in [0.25, 0.3) is 0 Å². The molecule has 0 spiro atoms. The van der Waals surface area contributed by atoms with Gasteiger partial charge >= 0.3 is 0 Å². The van der Waals surface area contributed by atoms with Gasteiger partial charge in [-0.2, -0.15) is 0 Å². The molecule has 104 valence electrons. The lowest BCUT2D eigenvalue weighted by Gasteiger charge is -2.03. The van der Waals surface area contributed by atoms with Gasteiger partial charge in [-0.25, -0.2) is 4.98 Å². The lowest BCUT2D eigenvalue weighted by molar-refractivity contribution is 0.321. The van der Waals surface area contributed by atoms with E-state index in [9.17, 15) is 0 Å². The van der Waals surface area contributed by atoms with Crippen LogP contribution in [0.3, 0.4) is 0 Å². The second kappa shape index (κ2) is 5.89. The summed E-state index contributed by atoms with van der Waals surface area (Å²) in [6.45, 7) is 0.623. The zero-order valence-electron chi connectivity index (χ0n) is 11.0. The Labute approximate surface area is 127 Å². The number of thiocarbonyl (C=S) groups is 1. The van der Waals surface area contributed by atoms with Crippen LogP contribution in [0.25, 0.3) is 0 Å². The lowest BCUT2D eigenvalue weighted by Crippen LogP contribution is -2.09. The lowest BCUT2D eigenvalue weighted by atomic mass is 10.2. The van der Waals surface area contributed by atoms with E-state index in [1.807, 2.05) is 30.3 Å². The quantitative estimate of drug-likeness (QED) is 0.832. The fourth-order valence-electron chi connectivity index (χ4n) is 2.07. The molecule has 20 heavy (non-hydrogen) atoms. The second-order valence-electron chi connectivity index (χ2n) is 4.87. The van der Waals surface area contributed by atoms with Gasteiger partial charge in [-0.05, 0) is 25.0 Å². The smallest absolute Gasteiger partial charge is 0.119 e. The Morgan fingerprint density at radius 2 is 2.10 bits per heavy atom. The number of hydrogen-bond donors (Lipinski definition) is 1. The summed E-state index contributed by atoms with van der Waals surface area (Å²) < 4.78 is 5.70. The summed E-state index contributed by atoms with van der Waals surface area (Å²) in [7, 11) is 0. The van der Waals surface area contributed by atoms with Gasteiger partial charge < -0.3 is 10.5 Å². The number of para-hydroxylation sites is 1. The number of rotatable bonds is 6. The van der Waals surface area contributed by atoms with Crippen LogP contribution in [0.4, 0.5) is 0 Å². The molecule has 3 rings (SSSR count). The molecule has 1 aliphatic rings. The molecule has 1 heterocycles. The molecule has 5 heteroatoms.